The third-order valence-electron chi connectivity index (χ3n) is 9.35. The van der Waals surface area contributed by atoms with Crippen LogP contribution in [-0.2, 0) is 14.4 Å². The van der Waals surface area contributed by atoms with E-state index in [1.165, 1.54) is 6.92 Å². The normalized spacial score (nSPS) is 45.4. The van der Waals surface area contributed by atoms with Crippen LogP contribution in [0.3, 0.4) is 0 Å². The molecule has 3 nitrogen and oxygen atoms in total. The summed E-state index contributed by atoms with van der Waals surface area (Å²) in [5, 5.41) is 0. The number of carbonyl (C=O) groups is 3. The maximum atomic E-state index is 12.8. The summed E-state index contributed by atoms with van der Waals surface area (Å²) in [4.78, 5) is 37.6. The number of Topliss-reactive ketones (excluding diaryl/α,β-unsaturated/α-hetero) is 3. The van der Waals surface area contributed by atoms with Crippen molar-refractivity contribution in [3.05, 3.63) is 23.3 Å². The van der Waals surface area contributed by atoms with Gasteiger partial charge in [-0.3, -0.25) is 14.4 Å². The van der Waals surface area contributed by atoms with E-state index in [2.05, 4.69) is 46.8 Å². The van der Waals surface area contributed by atoms with Gasteiger partial charge in [-0.25, -0.2) is 0 Å². The zero-order valence-electron chi connectivity index (χ0n) is 17.6. The third-order valence-corrected chi connectivity index (χ3v) is 9.35. The maximum absolute atomic E-state index is 12.8. The van der Waals surface area contributed by atoms with Crippen molar-refractivity contribution >= 4 is 17.3 Å². The van der Waals surface area contributed by atoms with E-state index in [0.717, 1.165) is 24.8 Å². The molecule has 4 aliphatic rings. The van der Waals surface area contributed by atoms with Gasteiger partial charge in [0.05, 0.1) is 5.57 Å². The largest absolute Gasteiger partial charge is 0.299 e. The lowest BCUT2D eigenvalue weighted by Gasteiger charge is -2.66. The van der Waals surface area contributed by atoms with E-state index in [0.29, 0.717) is 36.0 Å². The van der Waals surface area contributed by atoms with Crippen LogP contribution in [-0.4, -0.2) is 17.3 Å². The molecule has 0 aliphatic heterocycles. The number of allylic oxidation sites excluding steroid dienone is 4. The number of ketones is 3. The minimum Gasteiger partial charge on any atom is -0.299 e. The molecule has 4 aliphatic carbocycles. The molecule has 5 atom stereocenters. The van der Waals surface area contributed by atoms with Crippen LogP contribution in [0.25, 0.3) is 0 Å². The first-order chi connectivity index (χ1) is 12.4. The van der Waals surface area contributed by atoms with E-state index in [1.807, 2.05) is 0 Å². The monoisotopic (exact) mass is 368 g/mol. The summed E-state index contributed by atoms with van der Waals surface area (Å²) in [6.07, 6.45) is 8.41. The van der Waals surface area contributed by atoms with Crippen molar-refractivity contribution in [2.75, 3.05) is 0 Å². The molecule has 2 fully saturated rings. The molecule has 0 aromatic carbocycles. The smallest absolute Gasteiger partial charge is 0.167 e. The van der Waals surface area contributed by atoms with Crippen molar-refractivity contribution in [2.24, 2.45) is 33.5 Å². The van der Waals surface area contributed by atoms with E-state index in [4.69, 9.17) is 0 Å². The van der Waals surface area contributed by atoms with Gasteiger partial charge in [-0.05, 0) is 54.4 Å². The highest BCUT2D eigenvalue weighted by atomic mass is 16.1. The quantitative estimate of drug-likeness (QED) is 0.622. The summed E-state index contributed by atoms with van der Waals surface area (Å²) in [6, 6.07) is 0. The van der Waals surface area contributed by atoms with Crippen molar-refractivity contribution in [3.63, 3.8) is 0 Å². The lowest BCUT2D eigenvalue weighted by molar-refractivity contribution is -0.165. The van der Waals surface area contributed by atoms with Gasteiger partial charge in [-0.1, -0.05) is 46.8 Å². The molecular formula is C24H32O3. The fourth-order valence-electron chi connectivity index (χ4n) is 7.63. The molecule has 0 aromatic rings. The lowest BCUT2D eigenvalue weighted by atomic mass is 9.37. The number of hydrogen-bond donors (Lipinski definition) is 0. The minimum atomic E-state index is -0.288. The second-order valence-corrected chi connectivity index (χ2v) is 10.8. The maximum Gasteiger partial charge on any atom is 0.167 e. The molecule has 0 amide bonds. The predicted molar refractivity (Wildman–Crippen MR) is 105 cm³/mol. The van der Waals surface area contributed by atoms with Gasteiger partial charge in [-0.15, -0.1) is 0 Å². The van der Waals surface area contributed by atoms with Crippen molar-refractivity contribution in [2.45, 2.75) is 73.6 Å². The van der Waals surface area contributed by atoms with Crippen molar-refractivity contribution in [1.82, 2.24) is 0 Å². The molecule has 146 valence electrons. The van der Waals surface area contributed by atoms with Gasteiger partial charge in [0.25, 0.3) is 0 Å². The van der Waals surface area contributed by atoms with E-state index in [-0.39, 0.29) is 33.2 Å². The summed E-state index contributed by atoms with van der Waals surface area (Å²) < 4.78 is 0. The Labute approximate surface area is 162 Å². The SMILES string of the molecule is CC(=O)C1=C2C=C[C@H]3[C@@]4(C)CCC(=O)C(C)(C)[C@@H]4CC[C@]3(C)[C@@]2(C)CC1=O. The van der Waals surface area contributed by atoms with Crippen LogP contribution in [0.4, 0.5) is 0 Å². The number of hydrogen-bond acceptors (Lipinski definition) is 3. The van der Waals surface area contributed by atoms with Crippen molar-refractivity contribution in [3.8, 4) is 0 Å². The van der Waals surface area contributed by atoms with E-state index >= 15 is 0 Å². The molecule has 4 rings (SSSR count). The first kappa shape index (κ1) is 18.8. The van der Waals surface area contributed by atoms with Gasteiger partial charge < -0.3 is 0 Å². The van der Waals surface area contributed by atoms with E-state index < -0.39 is 0 Å². The predicted octanol–water partition coefficient (Wildman–Crippen LogP) is 4.85. The Morgan fingerprint density at radius 1 is 1.07 bits per heavy atom. The van der Waals surface area contributed by atoms with Gasteiger partial charge in [-0.2, -0.15) is 0 Å². The summed E-state index contributed by atoms with van der Waals surface area (Å²) in [5.74, 6) is 0.999. The van der Waals surface area contributed by atoms with Crippen molar-refractivity contribution < 1.29 is 14.4 Å². The molecule has 3 heteroatoms. The molecule has 27 heavy (non-hydrogen) atoms. The average molecular weight is 369 g/mol. The Morgan fingerprint density at radius 2 is 1.74 bits per heavy atom. The lowest BCUT2D eigenvalue weighted by Crippen LogP contribution is -2.61. The molecule has 0 aromatic heterocycles. The highest BCUT2D eigenvalue weighted by Gasteiger charge is 2.66. The summed E-state index contributed by atoms with van der Waals surface area (Å²) in [6.45, 7) is 12.7. The van der Waals surface area contributed by atoms with Gasteiger partial charge in [0, 0.05) is 23.7 Å². The van der Waals surface area contributed by atoms with Gasteiger partial charge in [0.15, 0.2) is 11.6 Å². The Morgan fingerprint density at radius 3 is 2.37 bits per heavy atom. The second kappa shape index (κ2) is 5.30. The molecule has 2 saturated carbocycles. The summed E-state index contributed by atoms with van der Waals surface area (Å²) in [5.41, 5.74) is 0.814. The zero-order chi connectivity index (χ0) is 20.0. The van der Waals surface area contributed by atoms with Crippen LogP contribution in [0.2, 0.25) is 0 Å². The first-order valence-corrected chi connectivity index (χ1v) is 10.4. The van der Waals surface area contributed by atoms with Crippen LogP contribution in [0.5, 0.6) is 0 Å². The fraction of sp³-hybridized carbons (Fsp3) is 0.708. The van der Waals surface area contributed by atoms with Gasteiger partial charge in [0.2, 0.25) is 0 Å². The standard InChI is InChI=1S/C24H32O3/c1-14(25)20-15-7-8-18-22(4)11-10-19(27)21(2,3)17(22)9-12-23(18,5)24(15,6)13-16(20)26/h7-8,17-18H,9-13H2,1-6H3/t17-,18-,22-,23-,24-/m0/s1. The van der Waals surface area contributed by atoms with Crippen LogP contribution in [0.1, 0.15) is 73.6 Å². The molecule has 0 heterocycles. The Bertz CT molecular complexity index is 829. The molecular weight excluding hydrogens is 336 g/mol. The fourth-order valence-corrected chi connectivity index (χ4v) is 7.63. The Hall–Kier alpha value is -1.51. The van der Waals surface area contributed by atoms with Crippen LogP contribution < -0.4 is 0 Å². The van der Waals surface area contributed by atoms with Gasteiger partial charge >= 0.3 is 0 Å². The van der Waals surface area contributed by atoms with E-state index in [1.54, 1.807) is 0 Å². The highest BCUT2D eigenvalue weighted by molar-refractivity contribution is 6.22. The number of rotatable bonds is 1. The van der Waals surface area contributed by atoms with Gasteiger partial charge in [0.1, 0.15) is 5.78 Å². The third kappa shape index (κ3) is 2.06. The van der Waals surface area contributed by atoms with Crippen LogP contribution in [0, 0.1) is 33.5 Å². The Balaban J connectivity index is 1.88. The number of carbonyl (C=O) groups excluding carboxylic acids is 3. The molecule has 0 saturated heterocycles. The zero-order valence-corrected chi connectivity index (χ0v) is 17.6. The first-order valence-electron chi connectivity index (χ1n) is 10.4. The molecule has 0 N–H and O–H groups in total. The molecule has 0 radical (unpaired) electrons. The minimum absolute atomic E-state index is 0.0120. The van der Waals surface area contributed by atoms with Crippen LogP contribution in [0.15, 0.2) is 23.3 Å². The molecule has 0 unspecified atom stereocenters. The Kier molecular flexibility index (Phi) is 3.70. The number of fused-ring (bicyclic) bond motifs is 5. The molecule has 0 spiro atoms. The van der Waals surface area contributed by atoms with Crippen molar-refractivity contribution in [1.29, 1.82) is 0 Å². The summed E-state index contributed by atoms with van der Waals surface area (Å²) >= 11 is 0. The summed E-state index contributed by atoms with van der Waals surface area (Å²) in [7, 11) is 0. The van der Waals surface area contributed by atoms with Crippen LogP contribution >= 0.6 is 0 Å². The second-order valence-electron chi connectivity index (χ2n) is 10.8. The highest BCUT2D eigenvalue weighted by Crippen LogP contribution is 2.72. The molecule has 0 bridgehead atoms. The van der Waals surface area contributed by atoms with E-state index in [9.17, 15) is 14.4 Å². The average Bonchev–Trinajstić information content (AvgIpc) is 2.83. The topological polar surface area (TPSA) is 51.2 Å².